The summed E-state index contributed by atoms with van der Waals surface area (Å²) in [6.07, 6.45) is -4.75. The van der Waals surface area contributed by atoms with Gasteiger partial charge in [0.05, 0.1) is 11.5 Å². The Labute approximate surface area is 108 Å². The Balaban J connectivity index is 2.97. The third-order valence-corrected chi connectivity index (χ3v) is 2.57. The molecule has 0 aliphatic heterocycles. The van der Waals surface area contributed by atoms with Crippen molar-refractivity contribution in [3.63, 3.8) is 0 Å². The summed E-state index contributed by atoms with van der Waals surface area (Å²) in [5, 5.41) is 9.13. The minimum atomic E-state index is -4.75. The van der Waals surface area contributed by atoms with E-state index in [9.17, 15) is 18.0 Å². The monoisotopic (exact) mass is 271 g/mol. The summed E-state index contributed by atoms with van der Waals surface area (Å²) in [6, 6.07) is 6.97. The summed E-state index contributed by atoms with van der Waals surface area (Å²) < 4.78 is 39.7. The number of carbonyl (C=O) groups is 1. The first-order chi connectivity index (χ1) is 8.66. The number of nitrogens with zero attached hydrogens (tertiary/aromatic N) is 1. The Morgan fingerprint density at radius 1 is 1.32 bits per heavy atom. The molecule has 1 atom stereocenters. The number of ether oxygens (including phenoxy) is 1. The van der Waals surface area contributed by atoms with Crippen LogP contribution in [-0.4, -0.2) is 12.1 Å². The number of halogens is 3. The molecule has 0 radical (unpaired) electrons. The SMILES string of the molecule is CC(=O)CC(C)(C#N)c1ccc(OC(F)(F)F)cc1. The molecule has 1 rings (SSSR count). The summed E-state index contributed by atoms with van der Waals surface area (Å²) >= 11 is 0. The number of nitriles is 1. The first-order valence-electron chi connectivity index (χ1n) is 5.43. The van der Waals surface area contributed by atoms with Crippen LogP contribution in [0.5, 0.6) is 5.75 Å². The van der Waals surface area contributed by atoms with Gasteiger partial charge in [-0.3, -0.25) is 4.79 Å². The number of carbonyl (C=O) groups excluding carboxylic acids is 1. The molecule has 0 bridgehead atoms. The van der Waals surface area contributed by atoms with Crippen molar-refractivity contribution < 1.29 is 22.7 Å². The van der Waals surface area contributed by atoms with Crippen molar-refractivity contribution in [1.29, 1.82) is 5.26 Å². The van der Waals surface area contributed by atoms with Gasteiger partial charge in [0.25, 0.3) is 0 Å². The predicted octanol–water partition coefficient (Wildman–Crippen LogP) is 3.35. The Kier molecular flexibility index (Phi) is 4.20. The molecule has 0 heterocycles. The van der Waals surface area contributed by atoms with Crippen molar-refractivity contribution in [2.75, 3.05) is 0 Å². The normalized spacial score (nSPS) is 14.3. The quantitative estimate of drug-likeness (QED) is 0.843. The van der Waals surface area contributed by atoms with E-state index >= 15 is 0 Å². The average Bonchev–Trinajstić information content (AvgIpc) is 2.26. The fourth-order valence-corrected chi connectivity index (χ4v) is 1.73. The van der Waals surface area contributed by atoms with Crippen molar-refractivity contribution in [3.05, 3.63) is 29.8 Å². The third-order valence-electron chi connectivity index (χ3n) is 2.57. The van der Waals surface area contributed by atoms with E-state index in [0.717, 1.165) is 12.1 Å². The number of ketones is 1. The molecular formula is C13H12F3NO2. The molecule has 0 fully saturated rings. The highest BCUT2D eigenvalue weighted by Crippen LogP contribution is 2.30. The number of alkyl halides is 3. The van der Waals surface area contributed by atoms with Gasteiger partial charge in [0.15, 0.2) is 0 Å². The van der Waals surface area contributed by atoms with E-state index in [4.69, 9.17) is 5.26 Å². The average molecular weight is 271 g/mol. The van der Waals surface area contributed by atoms with Gasteiger partial charge in [-0.2, -0.15) is 5.26 Å². The van der Waals surface area contributed by atoms with Gasteiger partial charge in [-0.05, 0) is 31.5 Å². The Morgan fingerprint density at radius 2 is 1.84 bits per heavy atom. The largest absolute Gasteiger partial charge is 0.573 e. The fourth-order valence-electron chi connectivity index (χ4n) is 1.73. The lowest BCUT2D eigenvalue weighted by molar-refractivity contribution is -0.274. The van der Waals surface area contributed by atoms with Crippen molar-refractivity contribution in [2.45, 2.75) is 32.0 Å². The molecule has 0 spiro atoms. The Hall–Kier alpha value is -2.03. The minimum absolute atomic E-state index is 0.00295. The molecular weight excluding hydrogens is 259 g/mol. The lowest BCUT2D eigenvalue weighted by atomic mass is 9.80. The van der Waals surface area contributed by atoms with Gasteiger partial charge in [0.2, 0.25) is 0 Å². The Bertz CT molecular complexity index is 502. The van der Waals surface area contributed by atoms with E-state index in [2.05, 4.69) is 4.74 Å². The molecule has 0 aliphatic carbocycles. The predicted molar refractivity (Wildman–Crippen MR) is 61.4 cm³/mol. The van der Waals surface area contributed by atoms with Crippen LogP contribution in [0.4, 0.5) is 13.2 Å². The van der Waals surface area contributed by atoms with Crippen LogP contribution >= 0.6 is 0 Å². The third kappa shape index (κ3) is 4.28. The smallest absolute Gasteiger partial charge is 0.406 e. The van der Waals surface area contributed by atoms with Crippen molar-refractivity contribution >= 4 is 5.78 Å². The number of hydrogen-bond donors (Lipinski definition) is 0. The van der Waals surface area contributed by atoms with Crippen LogP contribution in [0.15, 0.2) is 24.3 Å². The van der Waals surface area contributed by atoms with Crippen molar-refractivity contribution in [2.24, 2.45) is 0 Å². The van der Waals surface area contributed by atoms with Gasteiger partial charge < -0.3 is 4.74 Å². The van der Waals surface area contributed by atoms with Crippen LogP contribution in [-0.2, 0) is 10.2 Å². The second kappa shape index (κ2) is 5.31. The van der Waals surface area contributed by atoms with E-state index in [1.807, 2.05) is 6.07 Å². The van der Waals surface area contributed by atoms with Gasteiger partial charge in [-0.1, -0.05) is 12.1 Å². The number of hydrogen-bond acceptors (Lipinski definition) is 3. The van der Waals surface area contributed by atoms with E-state index in [0.29, 0.717) is 5.56 Å². The van der Waals surface area contributed by atoms with E-state index in [1.54, 1.807) is 6.92 Å². The lowest BCUT2D eigenvalue weighted by Crippen LogP contribution is -2.23. The van der Waals surface area contributed by atoms with Crippen LogP contribution in [0.25, 0.3) is 0 Å². The maximum absolute atomic E-state index is 12.0. The van der Waals surface area contributed by atoms with Gasteiger partial charge in [-0.25, -0.2) is 0 Å². The maximum Gasteiger partial charge on any atom is 0.573 e. The van der Waals surface area contributed by atoms with Gasteiger partial charge in [0.1, 0.15) is 11.5 Å². The minimum Gasteiger partial charge on any atom is -0.406 e. The summed E-state index contributed by atoms with van der Waals surface area (Å²) in [6.45, 7) is 2.92. The van der Waals surface area contributed by atoms with Gasteiger partial charge in [0, 0.05) is 6.42 Å². The van der Waals surface area contributed by atoms with E-state index < -0.39 is 11.8 Å². The first kappa shape index (κ1) is 15.0. The molecule has 19 heavy (non-hydrogen) atoms. The highest BCUT2D eigenvalue weighted by atomic mass is 19.4. The zero-order valence-corrected chi connectivity index (χ0v) is 10.4. The van der Waals surface area contributed by atoms with Crippen molar-refractivity contribution in [3.8, 4) is 11.8 Å². The number of benzene rings is 1. The van der Waals surface area contributed by atoms with Crippen LogP contribution < -0.4 is 4.74 Å². The van der Waals surface area contributed by atoms with Crippen LogP contribution in [0.3, 0.4) is 0 Å². The molecule has 0 saturated carbocycles. The van der Waals surface area contributed by atoms with Crippen molar-refractivity contribution in [1.82, 2.24) is 0 Å². The zero-order valence-electron chi connectivity index (χ0n) is 10.4. The number of Topliss-reactive ketones (excluding diaryl/α,β-unsaturated/α-hetero) is 1. The number of rotatable bonds is 4. The molecule has 0 aromatic heterocycles. The highest BCUT2D eigenvalue weighted by Gasteiger charge is 2.32. The topological polar surface area (TPSA) is 50.1 Å². The Morgan fingerprint density at radius 3 is 2.21 bits per heavy atom. The lowest BCUT2D eigenvalue weighted by Gasteiger charge is -2.21. The van der Waals surface area contributed by atoms with Crippen LogP contribution in [0.1, 0.15) is 25.8 Å². The molecule has 3 nitrogen and oxygen atoms in total. The molecule has 0 saturated heterocycles. The molecule has 6 heteroatoms. The standard InChI is InChI=1S/C13H12F3NO2/c1-9(18)7-12(2,8-17)10-3-5-11(6-4-10)19-13(14,15)16/h3-6H,7H2,1-2H3. The molecule has 0 N–H and O–H groups in total. The molecule has 0 amide bonds. The van der Waals surface area contributed by atoms with Crippen LogP contribution in [0, 0.1) is 11.3 Å². The zero-order chi connectivity index (χ0) is 14.7. The van der Waals surface area contributed by atoms with Crippen LogP contribution in [0.2, 0.25) is 0 Å². The summed E-state index contributed by atoms with van der Waals surface area (Å²) in [7, 11) is 0. The summed E-state index contributed by atoms with van der Waals surface area (Å²) in [5.41, 5.74) is -0.581. The fraction of sp³-hybridized carbons (Fsp3) is 0.385. The second-order valence-corrected chi connectivity index (χ2v) is 4.39. The molecule has 1 aromatic carbocycles. The highest BCUT2D eigenvalue weighted by molar-refractivity contribution is 5.77. The molecule has 1 aromatic rings. The van der Waals surface area contributed by atoms with Gasteiger partial charge >= 0.3 is 6.36 Å². The van der Waals surface area contributed by atoms with E-state index in [-0.39, 0.29) is 18.0 Å². The summed E-state index contributed by atoms with van der Waals surface area (Å²) in [5.74, 6) is -0.529. The van der Waals surface area contributed by atoms with E-state index in [1.165, 1.54) is 19.1 Å². The first-order valence-corrected chi connectivity index (χ1v) is 5.43. The molecule has 1 unspecified atom stereocenters. The van der Waals surface area contributed by atoms with Gasteiger partial charge in [-0.15, -0.1) is 13.2 Å². The molecule has 102 valence electrons. The second-order valence-electron chi connectivity index (χ2n) is 4.39. The maximum atomic E-state index is 12.0. The summed E-state index contributed by atoms with van der Waals surface area (Å²) in [4.78, 5) is 11.1. The molecule has 0 aliphatic rings.